The topological polar surface area (TPSA) is 59.0 Å². The van der Waals surface area contributed by atoms with Gasteiger partial charge in [-0.3, -0.25) is 9.59 Å². The Morgan fingerprint density at radius 2 is 2.12 bits per heavy atom. The number of nitrogens with zero attached hydrogens (tertiary/aromatic N) is 2. The Bertz CT molecular complexity index is 456. The number of hydrogen-bond donors (Lipinski definition) is 0. The van der Waals surface area contributed by atoms with Crippen molar-refractivity contribution in [1.82, 2.24) is 0 Å². The van der Waals surface area contributed by atoms with Crippen molar-refractivity contribution >= 4 is 23.8 Å². The summed E-state index contributed by atoms with van der Waals surface area (Å²) in [6.07, 6.45) is 1.31. The second-order valence-corrected chi connectivity index (χ2v) is 3.48. The predicted octanol–water partition coefficient (Wildman–Crippen LogP) is 1.20. The number of esters is 1. The molecule has 0 fully saturated rings. The predicted molar refractivity (Wildman–Crippen MR) is 62.5 cm³/mol. The summed E-state index contributed by atoms with van der Waals surface area (Å²) in [5.41, 5.74) is 0.639. The van der Waals surface area contributed by atoms with Crippen LogP contribution in [0.5, 0.6) is 0 Å². The number of carbonyl (C=O) groups excluding carboxylic acids is 2. The van der Waals surface area contributed by atoms with Crippen molar-refractivity contribution in [3.8, 4) is 0 Å². The van der Waals surface area contributed by atoms with Gasteiger partial charge >= 0.3 is 5.97 Å². The molecule has 5 nitrogen and oxygen atoms in total. The minimum absolute atomic E-state index is 0.252. The van der Waals surface area contributed by atoms with Crippen LogP contribution in [0, 0.1) is 5.92 Å². The van der Waals surface area contributed by atoms with E-state index < -0.39 is 11.9 Å². The number of anilines is 1. The first-order chi connectivity index (χ1) is 8.24. The van der Waals surface area contributed by atoms with Gasteiger partial charge in [-0.1, -0.05) is 18.2 Å². The molecular formula is C12H12N2O3. The Labute approximate surface area is 98.7 Å². The second-order valence-electron chi connectivity index (χ2n) is 3.48. The van der Waals surface area contributed by atoms with Crippen molar-refractivity contribution < 1.29 is 14.3 Å². The maximum Gasteiger partial charge on any atom is 0.324 e. The average Bonchev–Trinajstić information content (AvgIpc) is 2.72. The molecule has 5 heteroatoms. The van der Waals surface area contributed by atoms with Crippen LogP contribution in [-0.2, 0) is 14.3 Å². The molecule has 0 saturated carbocycles. The summed E-state index contributed by atoms with van der Waals surface area (Å²) in [7, 11) is 0. The zero-order valence-corrected chi connectivity index (χ0v) is 9.37. The van der Waals surface area contributed by atoms with E-state index in [0.29, 0.717) is 5.69 Å². The number of para-hydroxylation sites is 1. The van der Waals surface area contributed by atoms with Crippen LogP contribution >= 0.6 is 0 Å². The van der Waals surface area contributed by atoms with Gasteiger partial charge in [0.15, 0.2) is 5.92 Å². The number of hydrogen-bond acceptors (Lipinski definition) is 4. The first-order valence-electron chi connectivity index (χ1n) is 5.33. The summed E-state index contributed by atoms with van der Waals surface area (Å²) in [6.45, 7) is 1.95. The molecule has 1 aromatic rings. The second kappa shape index (κ2) is 4.78. The molecule has 0 aromatic heterocycles. The molecule has 0 bridgehead atoms. The van der Waals surface area contributed by atoms with E-state index >= 15 is 0 Å². The van der Waals surface area contributed by atoms with Crippen LogP contribution in [0.25, 0.3) is 0 Å². The summed E-state index contributed by atoms with van der Waals surface area (Å²) >= 11 is 0. The highest BCUT2D eigenvalue weighted by atomic mass is 16.5. The van der Waals surface area contributed by atoms with Crippen molar-refractivity contribution in [2.75, 3.05) is 11.6 Å². The Kier molecular flexibility index (Phi) is 3.18. The van der Waals surface area contributed by atoms with E-state index in [1.54, 1.807) is 31.2 Å². The van der Waals surface area contributed by atoms with Gasteiger partial charge < -0.3 is 4.74 Å². The monoisotopic (exact) mass is 232 g/mol. The van der Waals surface area contributed by atoms with E-state index in [1.807, 2.05) is 6.07 Å². The van der Waals surface area contributed by atoms with Crippen LogP contribution in [0.2, 0.25) is 0 Å². The van der Waals surface area contributed by atoms with Crippen LogP contribution in [0.1, 0.15) is 6.92 Å². The van der Waals surface area contributed by atoms with Gasteiger partial charge in [0, 0.05) is 6.21 Å². The fourth-order valence-electron chi connectivity index (χ4n) is 1.54. The molecule has 17 heavy (non-hydrogen) atoms. The van der Waals surface area contributed by atoms with Crippen LogP contribution in [-0.4, -0.2) is 24.7 Å². The quantitative estimate of drug-likeness (QED) is 0.581. The van der Waals surface area contributed by atoms with Gasteiger partial charge in [-0.25, -0.2) is 0 Å². The third kappa shape index (κ3) is 2.18. The van der Waals surface area contributed by atoms with Crippen LogP contribution in [0.3, 0.4) is 0 Å². The lowest BCUT2D eigenvalue weighted by Gasteiger charge is -2.13. The van der Waals surface area contributed by atoms with E-state index in [4.69, 9.17) is 4.74 Å². The number of benzene rings is 1. The zero-order valence-electron chi connectivity index (χ0n) is 9.37. The fraction of sp³-hybridized carbons (Fsp3) is 0.250. The van der Waals surface area contributed by atoms with E-state index in [0.717, 1.165) is 0 Å². The third-order valence-corrected chi connectivity index (χ3v) is 2.35. The molecule has 1 aliphatic heterocycles. The number of hydrazone groups is 1. The van der Waals surface area contributed by atoms with Crippen LogP contribution < -0.4 is 5.01 Å². The molecular weight excluding hydrogens is 220 g/mol. The minimum Gasteiger partial charge on any atom is -0.465 e. The lowest BCUT2D eigenvalue weighted by Crippen LogP contribution is -2.32. The molecule has 1 atom stereocenters. The zero-order chi connectivity index (χ0) is 12.3. The van der Waals surface area contributed by atoms with Gasteiger partial charge in [-0.05, 0) is 19.1 Å². The van der Waals surface area contributed by atoms with Crippen LogP contribution in [0.4, 0.5) is 5.69 Å². The fourth-order valence-corrected chi connectivity index (χ4v) is 1.54. The third-order valence-electron chi connectivity index (χ3n) is 2.35. The van der Waals surface area contributed by atoms with Gasteiger partial charge in [0.05, 0.1) is 12.3 Å². The summed E-state index contributed by atoms with van der Waals surface area (Å²) in [5, 5.41) is 5.14. The van der Waals surface area contributed by atoms with Crippen LogP contribution in [0.15, 0.2) is 35.4 Å². The van der Waals surface area contributed by atoms with E-state index in [9.17, 15) is 9.59 Å². The molecule has 0 radical (unpaired) electrons. The maximum atomic E-state index is 11.9. The number of amides is 1. The Balaban J connectivity index is 2.14. The molecule has 1 amide bonds. The van der Waals surface area contributed by atoms with Crippen molar-refractivity contribution in [3.63, 3.8) is 0 Å². The highest BCUT2D eigenvalue weighted by molar-refractivity contribution is 6.19. The first kappa shape index (κ1) is 11.3. The van der Waals surface area contributed by atoms with Gasteiger partial charge in [0.2, 0.25) is 0 Å². The lowest BCUT2D eigenvalue weighted by molar-refractivity contribution is -0.147. The average molecular weight is 232 g/mol. The molecule has 1 unspecified atom stereocenters. The molecule has 0 spiro atoms. The smallest absolute Gasteiger partial charge is 0.324 e. The van der Waals surface area contributed by atoms with Crippen molar-refractivity contribution in [1.29, 1.82) is 0 Å². The Hall–Kier alpha value is -2.17. The molecule has 0 N–H and O–H groups in total. The van der Waals surface area contributed by atoms with Crippen molar-refractivity contribution in [2.24, 2.45) is 11.0 Å². The van der Waals surface area contributed by atoms with Crippen molar-refractivity contribution in [2.45, 2.75) is 6.92 Å². The molecule has 1 aliphatic rings. The Morgan fingerprint density at radius 1 is 1.41 bits per heavy atom. The van der Waals surface area contributed by atoms with Gasteiger partial charge in [0.1, 0.15) is 0 Å². The summed E-state index contributed by atoms with van der Waals surface area (Å²) in [6, 6.07) is 8.95. The largest absolute Gasteiger partial charge is 0.465 e. The number of rotatable bonds is 3. The summed E-state index contributed by atoms with van der Waals surface area (Å²) in [5.74, 6) is -1.86. The SMILES string of the molecule is CCOC(=O)C1C=NN(c2ccccc2)C1=O. The minimum atomic E-state index is -0.921. The Morgan fingerprint density at radius 3 is 2.76 bits per heavy atom. The summed E-state index contributed by atoms with van der Waals surface area (Å²) < 4.78 is 4.80. The normalized spacial score (nSPS) is 18.5. The van der Waals surface area contributed by atoms with Gasteiger partial charge in [0.25, 0.3) is 5.91 Å². The molecule has 0 aliphatic carbocycles. The molecule has 1 heterocycles. The molecule has 1 aromatic carbocycles. The highest BCUT2D eigenvalue weighted by Gasteiger charge is 2.36. The molecule has 88 valence electrons. The molecule has 2 rings (SSSR count). The van der Waals surface area contributed by atoms with E-state index in [-0.39, 0.29) is 12.5 Å². The maximum absolute atomic E-state index is 11.9. The van der Waals surface area contributed by atoms with E-state index in [1.165, 1.54) is 11.2 Å². The molecule has 0 saturated heterocycles. The van der Waals surface area contributed by atoms with E-state index in [2.05, 4.69) is 5.10 Å². The van der Waals surface area contributed by atoms with Crippen molar-refractivity contribution in [3.05, 3.63) is 30.3 Å². The van der Waals surface area contributed by atoms with Gasteiger partial charge in [-0.2, -0.15) is 10.1 Å². The summed E-state index contributed by atoms with van der Waals surface area (Å²) in [4.78, 5) is 23.4. The lowest BCUT2D eigenvalue weighted by atomic mass is 10.1. The highest BCUT2D eigenvalue weighted by Crippen LogP contribution is 2.20. The first-order valence-corrected chi connectivity index (χ1v) is 5.33. The van der Waals surface area contributed by atoms with Gasteiger partial charge in [-0.15, -0.1) is 0 Å². The standard InChI is InChI=1S/C12H12N2O3/c1-2-17-12(16)10-8-13-14(11(10)15)9-6-4-3-5-7-9/h3-8,10H,2H2,1H3. The number of carbonyl (C=O) groups is 2. The number of ether oxygens (including phenoxy) is 1.